The van der Waals surface area contributed by atoms with Gasteiger partial charge in [0.05, 0.1) is 18.2 Å². The van der Waals surface area contributed by atoms with E-state index in [4.69, 9.17) is 27.9 Å². The van der Waals surface area contributed by atoms with Crippen molar-refractivity contribution in [1.29, 1.82) is 0 Å². The van der Waals surface area contributed by atoms with Crippen molar-refractivity contribution in [3.8, 4) is 5.75 Å². The van der Waals surface area contributed by atoms with Gasteiger partial charge >= 0.3 is 6.03 Å². The molecule has 1 unspecified atom stereocenters. The lowest BCUT2D eigenvalue weighted by Crippen LogP contribution is -2.47. The first-order valence-electron chi connectivity index (χ1n) is 8.27. The molecule has 0 aromatic heterocycles. The van der Waals surface area contributed by atoms with Crippen molar-refractivity contribution in [2.24, 2.45) is 0 Å². The van der Waals surface area contributed by atoms with Gasteiger partial charge in [0.1, 0.15) is 5.75 Å². The Hall–Kier alpha value is -2.57. The molecule has 0 bridgehead atoms. The normalized spacial score (nSPS) is 21.0. The molecule has 2 aliphatic rings. The number of benzene rings is 2. The smallest absolute Gasteiger partial charge is 0.325 e. The van der Waals surface area contributed by atoms with Crippen molar-refractivity contribution in [3.63, 3.8) is 0 Å². The van der Waals surface area contributed by atoms with Gasteiger partial charge in [0.25, 0.3) is 5.91 Å². The Morgan fingerprint density at radius 2 is 1.96 bits per heavy atom. The minimum absolute atomic E-state index is 0.172. The quantitative estimate of drug-likeness (QED) is 0.628. The van der Waals surface area contributed by atoms with Gasteiger partial charge in [-0.3, -0.25) is 14.5 Å². The second-order valence-corrected chi connectivity index (χ2v) is 7.21. The summed E-state index contributed by atoms with van der Waals surface area (Å²) in [6.45, 7) is -0.120. The topological polar surface area (TPSA) is 75.7 Å². The molecule has 3 amide bonds. The number of amides is 3. The Morgan fingerprint density at radius 1 is 1.19 bits per heavy atom. The number of ketones is 1. The van der Waals surface area contributed by atoms with E-state index in [0.29, 0.717) is 22.8 Å². The molecule has 4 rings (SSSR count). The van der Waals surface area contributed by atoms with Crippen LogP contribution in [0.25, 0.3) is 0 Å². The molecule has 2 aromatic rings. The van der Waals surface area contributed by atoms with Gasteiger partial charge in [0.15, 0.2) is 11.3 Å². The van der Waals surface area contributed by atoms with Crippen LogP contribution in [0.15, 0.2) is 42.5 Å². The maximum Gasteiger partial charge on any atom is 0.325 e. The number of urea groups is 1. The van der Waals surface area contributed by atoms with Gasteiger partial charge in [-0.1, -0.05) is 41.4 Å². The molecule has 1 atom stereocenters. The van der Waals surface area contributed by atoms with E-state index in [1.807, 2.05) is 0 Å². The number of imide groups is 1. The zero-order valence-corrected chi connectivity index (χ0v) is 15.5. The van der Waals surface area contributed by atoms with E-state index in [1.54, 1.807) is 24.3 Å². The lowest BCUT2D eigenvalue weighted by molar-refractivity contribution is -0.132. The number of fused-ring (bicyclic) bond motifs is 2. The van der Waals surface area contributed by atoms with Crippen LogP contribution in [0.3, 0.4) is 0 Å². The zero-order valence-electron chi connectivity index (χ0n) is 14.0. The molecule has 6 nitrogen and oxygen atoms in total. The van der Waals surface area contributed by atoms with Crippen molar-refractivity contribution < 1.29 is 19.1 Å². The number of hydrogen-bond donors (Lipinski definition) is 1. The number of rotatable bonds is 3. The monoisotopic (exact) mass is 404 g/mol. The molecule has 0 saturated carbocycles. The van der Waals surface area contributed by atoms with Crippen molar-refractivity contribution in [2.45, 2.75) is 12.0 Å². The van der Waals surface area contributed by atoms with Gasteiger partial charge in [0.2, 0.25) is 0 Å². The maximum absolute atomic E-state index is 13.1. The average molecular weight is 405 g/mol. The standard InChI is InChI=1S/C19H14Cl2N2O4/c20-11-5-6-12(14(21)9-11)15(24)10-23-17(25)19(22-18(23)26)7-8-27-16-4-2-1-3-13(16)19/h1-6,9H,7-8,10H2,(H,22,26). The van der Waals surface area contributed by atoms with Gasteiger partial charge < -0.3 is 10.1 Å². The fourth-order valence-corrected chi connectivity index (χ4v) is 3.97. The average Bonchev–Trinajstić information content (AvgIpc) is 2.87. The van der Waals surface area contributed by atoms with Crippen molar-refractivity contribution >= 4 is 40.9 Å². The lowest BCUT2D eigenvalue weighted by Gasteiger charge is -2.33. The molecular formula is C19H14Cl2N2O4. The summed E-state index contributed by atoms with van der Waals surface area (Å²) in [4.78, 5) is 39.2. The van der Waals surface area contributed by atoms with E-state index in [1.165, 1.54) is 18.2 Å². The summed E-state index contributed by atoms with van der Waals surface area (Å²) in [5.74, 6) is -0.370. The van der Waals surface area contributed by atoms with E-state index in [0.717, 1.165) is 4.90 Å². The molecule has 2 aliphatic heterocycles. The van der Waals surface area contributed by atoms with Crippen LogP contribution in [0.2, 0.25) is 10.0 Å². The highest BCUT2D eigenvalue weighted by Crippen LogP contribution is 2.41. The minimum atomic E-state index is -1.21. The molecule has 1 fully saturated rings. The first kappa shape index (κ1) is 17.8. The third-order valence-electron chi connectivity index (χ3n) is 4.79. The van der Waals surface area contributed by atoms with E-state index >= 15 is 0 Å². The first-order chi connectivity index (χ1) is 12.9. The third kappa shape index (κ3) is 2.85. The van der Waals surface area contributed by atoms with Crippen LogP contribution < -0.4 is 10.1 Å². The highest BCUT2D eigenvalue weighted by atomic mass is 35.5. The van der Waals surface area contributed by atoms with Gasteiger partial charge in [-0.15, -0.1) is 0 Å². The van der Waals surface area contributed by atoms with Gasteiger partial charge in [-0.05, 0) is 24.3 Å². The summed E-state index contributed by atoms with van der Waals surface area (Å²) < 4.78 is 5.59. The molecular weight excluding hydrogens is 391 g/mol. The maximum atomic E-state index is 13.1. The molecule has 1 saturated heterocycles. The number of hydrogen-bond acceptors (Lipinski definition) is 4. The number of carbonyl (C=O) groups excluding carboxylic acids is 3. The molecule has 1 N–H and O–H groups in total. The molecule has 8 heteroatoms. The first-order valence-corrected chi connectivity index (χ1v) is 9.02. The van der Waals surface area contributed by atoms with Gasteiger partial charge in [0, 0.05) is 22.6 Å². The van der Waals surface area contributed by atoms with Gasteiger partial charge in [-0.2, -0.15) is 0 Å². The summed E-state index contributed by atoms with van der Waals surface area (Å²) in [6, 6.07) is 10.9. The molecule has 2 aromatic carbocycles. The molecule has 2 heterocycles. The highest BCUT2D eigenvalue weighted by Gasteiger charge is 2.55. The molecule has 0 aliphatic carbocycles. The Morgan fingerprint density at radius 3 is 2.74 bits per heavy atom. The Kier molecular flexibility index (Phi) is 4.32. The van der Waals surface area contributed by atoms with Crippen molar-refractivity contribution in [3.05, 3.63) is 63.6 Å². The van der Waals surface area contributed by atoms with E-state index in [2.05, 4.69) is 5.32 Å². The van der Waals surface area contributed by atoms with Crippen LogP contribution in [0, 0.1) is 0 Å². The number of nitrogens with zero attached hydrogens (tertiary/aromatic N) is 1. The number of para-hydroxylation sites is 1. The number of Topliss-reactive ketones (excluding diaryl/α,β-unsaturated/α-hetero) is 1. The second kappa shape index (κ2) is 6.55. The predicted octanol–water partition coefficient (Wildman–Crippen LogP) is 3.41. The number of halogens is 2. The third-order valence-corrected chi connectivity index (χ3v) is 5.34. The summed E-state index contributed by atoms with van der Waals surface area (Å²) in [7, 11) is 0. The molecule has 1 spiro atoms. The number of nitrogens with one attached hydrogen (secondary N) is 1. The fourth-order valence-electron chi connectivity index (χ4n) is 3.46. The van der Waals surface area contributed by atoms with Gasteiger partial charge in [-0.25, -0.2) is 4.79 Å². The number of carbonyl (C=O) groups is 3. The summed E-state index contributed by atoms with van der Waals surface area (Å²) in [5, 5.41) is 3.32. The lowest BCUT2D eigenvalue weighted by atomic mass is 9.84. The Balaban J connectivity index is 1.64. The predicted molar refractivity (Wildman–Crippen MR) is 99.3 cm³/mol. The zero-order chi connectivity index (χ0) is 19.2. The Bertz CT molecular complexity index is 978. The minimum Gasteiger partial charge on any atom is -0.493 e. The SMILES string of the molecule is O=C(CN1C(=O)NC2(CCOc3ccccc32)C1=O)c1ccc(Cl)cc1Cl. The number of ether oxygens (including phenoxy) is 1. The van der Waals surface area contributed by atoms with E-state index < -0.39 is 29.8 Å². The van der Waals surface area contributed by atoms with Crippen LogP contribution in [0.4, 0.5) is 4.79 Å². The van der Waals surface area contributed by atoms with Crippen LogP contribution >= 0.6 is 23.2 Å². The Labute approximate surface area is 165 Å². The highest BCUT2D eigenvalue weighted by molar-refractivity contribution is 6.37. The van der Waals surface area contributed by atoms with E-state index in [-0.39, 0.29) is 17.2 Å². The molecule has 27 heavy (non-hydrogen) atoms. The van der Waals surface area contributed by atoms with Crippen LogP contribution in [0.5, 0.6) is 5.75 Å². The molecule has 138 valence electrons. The molecule has 0 radical (unpaired) electrons. The fraction of sp³-hybridized carbons (Fsp3) is 0.211. The summed E-state index contributed by atoms with van der Waals surface area (Å²) in [5.41, 5.74) is -0.417. The van der Waals surface area contributed by atoms with Crippen LogP contribution in [-0.4, -0.2) is 35.8 Å². The van der Waals surface area contributed by atoms with Crippen LogP contribution in [-0.2, 0) is 10.3 Å². The van der Waals surface area contributed by atoms with Crippen molar-refractivity contribution in [2.75, 3.05) is 13.2 Å². The van der Waals surface area contributed by atoms with Crippen LogP contribution in [0.1, 0.15) is 22.3 Å². The summed E-state index contributed by atoms with van der Waals surface area (Å²) >= 11 is 11.9. The summed E-state index contributed by atoms with van der Waals surface area (Å²) in [6.07, 6.45) is 0.293. The van der Waals surface area contributed by atoms with Crippen molar-refractivity contribution in [1.82, 2.24) is 10.2 Å². The largest absolute Gasteiger partial charge is 0.493 e. The second-order valence-electron chi connectivity index (χ2n) is 6.37. The van der Waals surface area contributed by atoms with E-state index in [9.17, 15) is 14.4 Å².